The summed E-state index contributed by atoms with van der Waals surface area (Å²) in [5, 5.41) is 3.46. The Bertz CT molecular complexity index is 503. The largest absolute Gasteiger partial charge is 0.379 e. The first-order chi connectivity index (χ1) is 10.3. The van der Waals surface area contributed by atoms with Crippen molar-refractivity contribution in [2.45, 2.75) is 44.7 Å². The Labute approximate surface area is 126 Å². The lowest BCUT2D eigenvalue weighted by molar-refractivity contribution is 0.0322. The molecule has 0 bridgehead atoms. The quantitative estimate of drug-likeness (QED) is 0.907. The highest BCUT2D eigenvalue weighted by atomic mass is 16.5. The second-order valence-corrected chi connectivity index (χ2v) is 6.70. The van der Waals surface area contributed by atoms with Crippen LogP contribution in [0.3, 0.4) is 0 Å². The fourth-order valence-corrected chi connectivity index (χ4v) is 3.71. The molecule has 0 radical (unpaired) electrons. The fourth-order valence-electron chi connectivity index (χ4n) is 3.71. The van der Waals surface area contributed by atoms with Crippen molar-refractivity contribution >= 4 is 0 Å². The lowest BCUT2D eigenvalue weighted by Crippen LogP contribution is -2.40. The summed E-state index contributed by atoms with van der Waals surface area (Å²) < 4.78 is 8.05. The monoisotopic (exact) mass is 290 g/mol. The minimum atomic E-state index is 0.521. The predicted molar refractivity (Wildman–Crippen MR) is 81.6 cm³/mol. The molecule has 1 aliphatic carbocycles. The third-order valence-corrected chi connectivity index (χ3v) is 4.96. The molecule has 0 spiro atoms. The molecule has 1 unspecified atom stereocenters. The van der Waals surface area contributed by atoms with E-state index in [4.69, 9.17) is 9.72 Å². The van der Waals surface area contributed by atoms with Crippen LogP contribution in [-0.2, 0) is 17.7 Å². The predicted octanol–water partition coefficient (Wildman–Crippen LogP) is 1.30. The molecular formula is C16H26N4O. The van der Waals surface area contributed by atoms with Gasteiger partial charge in [-0.3, -0.25) is 4.90 Å². The lowest BCUT2D eigenvalue weighted by atomic mass is 10.1. The molecule has 2 aliphatic heterocycles. The Morgan fingerprint density at radius 2 is 2.14 bits per heavy atom. The second kappa shape index (κ2) is 5.71. The number of hydrogen-bond acceptors (Lipinski definition) is 4. The van der Waals surface area contributed by atoms with Crippen molar-refractivity contribution in [3.05, 3.63) is 17.2 Å². The number of fused-ring (bicyclic) bond motifs is 1. The van der Waals surface area contributed by atoms with Crippen molar-refractivity contribution in [2.24, 2.45) is 0 Å². The highest BCUT2D eigenvalue weighted by Gasteiger charge is 2.33. The molecule has 1 aromatic rings. The van der Waals surface area contributed by atoms with Gasteiger partial charge in [0.15, 0.2) is 0 Å². The average Bonchev–Trinajstić information content (AvgIpc) is 3.28. The van der Waals surface area contributed by atoms with Gasteiger partial charge in [0.2, 0.25) is 0 Å². The van der Waals surface area contributed by atoms with Crippen molar-refractivity contribution in [2.75, 3.05) is 39.4 Å². The Balaban J connectivity index is 1.58. The molecule has 3 aliphatic rings. The van der Waals surface area contributed by atoms with Gasteiger partial charge in [-0.2, -0.15) is 0 Å². The molecule has 1 atom stereocenters. The van der Waals surface area contributed by atoms with Gasteiger partial charge in [-0.1, -0.05) is 0 Å². The van der Waals surface area contributed by atoms with E-state index in [1.807, 2.05) is 0 Å². The highest BCUT2D eigenvalue weighted by molar-refractivity contribution is 5.25. The number of nitrogens with one attached hydrogen (secondary N) is 1. The number of ether oxygens (including phenoxy) is 1. The topological polar surface area (TPSA) is 42.3 Å². The Morgan fingerprint density at radius 3 is 2.90 bits per heavy atom. The number of rotatable bonds is 4. The van der Waals surface area contributed by atoms with Crippen LogP contribution in [-0.4, -0.2) is 53.8 Å². The molecule has 2 fully saturated rings. The molecule has 5 nitrogen and oxygen atoms in total. The van der Waals surface area contributed by atoms with E-state index in [9.17, 15) is 0 Å². The summed E-state index contributed by atoms with van der Waals surface area (Å²) in [5.41, 5.74) is 2.80. The molecule has 1 saturated heterocycles. The van der Waals surface area contributed by atoms with Crippen molar-refractivity contribution in [3.8, 4) is 0 Å². The van der Waals surface area contributed by atoms with Gasteiger partial charge in [0, 0.05) is 56.8 Å². The maximum atomic E-state index is 5.47. The first-order valence-electron chi connectivity index (χ1n) is 8.43. The molecule has 3 heterocycles. The van der Waals surface area contributed by atoms with Gasteiger partial charge in [0.25, 0.3) is 0 Å². The molecule has 116 valence electrons. The molecule has 5 heteroatoms. The van der Waals surface area contributed by atoms with Crippen LogP contribution in [0.25, 0.3) is 0 Å². The van der Waals surface area contributed by atoms with Gasteiger partial charge >= 0.3 is 0 Å². The van der Waals surface area contributed by atoms with Crippen LogP contribution >= 0.6 is 0 Å². The van der Waals surface area contributed by atoms with Crippen LogP contribution in [0.15, 0.2) is 0 Å². The van der Waals surface area contributed by atoms with Crippen LogP contribution in [0.5, 0.6) is 0 Å². The number of morpholine rings is 1. The molecule has 1 N–H and O–H groups in total. The van der Waals surface area contributed by atoms with Gasteiger partial charge < -0.3 is 14.6 Å². The molecule has 0 aromatic carbocycles. The van der Waals surface area contributed by atoms with Gasteiger partial charge in [-0.15, -0.1) is 0 Å². The summed E-state index contributed by atoms with van der Waals surface area (Å²) in [6.45, 7) is 9.44. The summed E-state index contributed by atoms with van der Waals surface area (Å²) in [4.78, 5) is 7.52. The summed E-state index contributed by atoms with van der Waals surface area (Å²) in [5.74, 6) is 2.09. The van der Waals surface area contributed by atoms with Crippen molar-refractivity contribution in [1.29, 1.82) is 0 Å². The zero-order chi connectivity index (χ0) is 14.2. The van der Waals surface area contributed by atoms with Gasteiger partial charge in [-0.25, -0.2) is 4.98 Å². The van der Waals surface area contributed by atoms with Crippen LogP contribution in [0.4, 0.5) is 0 Å². The van der Waals surface area contributed by atoms with Gasteiger partial charge in [-0.05, 0) is 19.8 Å². The molecule has 4 rings (SSSR count). The van der Waals surface area contributed by atoms with Crippen molar-refractivity contribution in [1.82, 2.24) is 19.8 Å². The maximum Gasteiger partial charge on any atom is 0.112 e. The van der Waals surface area contributed by atoms with Crippen molar-refractivity contribution < 1.29 is 4.74 Å². The lowest BCUT2D eigenvalue weighted by Gasteiger charge is -2.31. The minimum absolute atomic E-state index is 0.521. The molecule has 21 heavy (non-hydrogen) atoms. The third kappa shape index (κ3) is 2.74. The van der Waals surface area contributed by atoms with Crippen LogP contribution in [0.2, 0.25) is 0 Å². The van der Waals surface area contributed by atoms with E-state index < -0.39 is 0 Å². The summed E-state index contributed by atoms with van der Waals surface area (Å²) in [7, 11) is 0. The number of nitrogens with zero attached hydrogens (tertiary/aromatic N) is 3. The van der Waals surface area contributed by atoms with Gasteiger partial charge in [0.05, 0.1) is 18.9 Å². The Hall–Kier alpha value is -0.910. The third-order valence-electron chi connectivity index (χ3n) is 4.96. The average molecular weight is 290 g/mol. The molecule has 1 saturated carbocycles. The first-order valence-corrected chi connectivity index (χ1v) is 8.43. The zero-order valence-electron chi connectivity index (χ0n) is 13.0. The summed E-state index contributed by atoms with van der Waals surface area (Å²) in [6, 6.07) is 0.521. The molecule has 1 aromatic heterocycles. The first kappa shape index (κ1) is 13.7. The zero-order valence-corrected chi connectivity index (χ0v) is 13.0. The van der Waals surface area contributed by atoms with E-state index in [1.54, 1.807) is 0 Å². The van der Waals surface area contributed by atoms with E-state index in [1.165, 1.54) is 30.1 Å². The highest BCUT2D eigenvalue weighted by Crippen LogP contribution is 2.41. The smallest absolute Gasteiger partial charge is 0.112 e. The van der Waals surface area contributed by atoms with E-state index in [2.05, 4.69) is 21.7 Å². The number of hydrogen-bond donors (Lipinski definition) is 1. The van der Waals surface area contributed by atoms with E-state index in [0.29, 0.717) is 6.04 Å². The Kier molecular flexibility index (Phi) is 3.73. The maximum absolute atomic E-state index is 5.47. The van der Waals surface area contributed by atoms with Crippen LogP contribution in [0.1, 0.15) is 48.9 Å². The summed E-state index contributed by atoms with van der Waals surface area (Å²) in [6.07, 6.45) is 3.78. The van der Waals surface area contributed by atoms with E-state index in [0.717, 1.165) is 58.3 Å². The normalized spacial score (nSPS) is 24.8. The van der Waals surface area contributed by atoms with Crippen LogP contribution in [0, 0.1) is 0 Å². The van der Waals surface area contributed by atoms with Crippen molar-refractivity contribution in [3.63, 3.8) is 0 Å². The molecular weight excluding hydrogens is 264 g/mol. The van der Waals surface area contributed by atoms with Crippen LogP contribution < -0.4 is 5.32 Å². The molecule has 0 amide bonds. The van der Waals surface area contributed by atoms with E-state index >= 15 is 0 Å². The van der Waals surface area contributed by atoms with E-state index in [-0.39, 0.29) is 0 Å². The Morgan fingerprint density at radius 1 is 1.33 bits per heavy atom. The second-order valence-electron chi connectivity index (χ2n) is 6.70. The minimum Gasteiger partial charge on any atom is -0.379 e. The van der Waals surface area contributed by atoms with Gasteiger partial charge in [0.1, 0.15) is 5.82 Å². The number of imidazole rings is 1. The standard InChI is InChI=1S/C16H26N4O/c1-12(11-19-6-8-21-9-7-19)20-15-4-5-17-10-14(15)18-16(20)13-2-3-13/h12-13,17H,2-11H2,1H3. The SMILES string of the molecule is CC(CN1CCOCC1)n1c(C2CC2)nc2c1CCNC2. The summed E-state index contributed by atoms with van der Waals surface area (Å²) >= 11 is 0. The number of aromatic nitrogens is 2. The fraction of sp³-hybridized carbons (Fsp3) is 0.812.